The zero-order chi connectivity index (χ0) is 13.3. The molecule has 0 aromatic heterocycles. The Bertz CT molecular complexity index is 426. The molecule has 2 rings (SSSR count). The Kier molecular flexibility index (Phi) is 4.79. The monoisotopic (exact) mass is 466 g/mol. The molecule has 3 unspecified atom stereocenters. The summed E-state index contributed by atoms with van der Waals surface area (Å²) in [6.07, 6.45) is 12.9. The number of halogens is 2. The molecule has 2 aliphatic rings. The van der Waals surface area contributed by atoms with E-state index in [2.05, 4.69) is 96.0 Å². The zero-order valence-corrected chi connectivity index (χ0v) is 15.3. The fourth-order valence-corrected chi connectivity index (χ4v) is 4.43. The van der Waals surface area contributed by atoms with E-state index in [0.29, 0.717) is 17.8 Å². The van der Waals surface area contributed by atoms with Crippen LogP contribution in [-0.4, -0.2) is 4.43 Å². The molecule has 0 radical (unpaired) electrons. The number of hydrogen-bond donors (Lipinski definition) is 0. The first-order valence-corrected chi connectivity index (χ1v) is 9.05. The highest BCUT2D eigenvalue weighted by Crippen LogP contribution is 2.57. The van der Waals surface area contributed by atoms with Crippen molar-refractivity contribution in [3.8, 4) is 0 Å². The van der Waals surface area contributed by atoms with Crippen LogP contribution in [0.5, 0.6) is 0 Å². The summed E-state index contributed by atoms with van der Waals surface area (Å²) in [5, 5.41) is 0. The van der Waals surface area contributed by atoms with Crippen molar-refractivity contribution in [1.29, 1.82) is 0 Å². The highest BCUT2D eigenvalue weighted by Gasteiger charge is 2.49. The van der Waals surface area contributed by atoms with E-state index in [4.69, 9.17) is 0 Å². The molecule has 0 spiro atoms. The lowest BCUT2D eigenvalue weighted by molar-refractivity contribution is 0.324. The Hall–Kier alpha value is 0.420. The fourth-order valence-electron chi connectivity index (χ4n) is 3.55. The molecule has 0 nitrogen and oxygen atoms in total. The molecule has 3 atom stereocenters. The fraction of sp³-hybridized carbons (Fsp3) is 0.500. The van der Waals surface area contributed by atoms with Gasteiger partial charge in [0.05, 0.1) is 0 Å². The van der Waals surface area contributed by atoms with Crippen molar-refractivity contribution < 1.29 is 0 Å². The number of hydrogen-bond acceptors (Lipinski definition) is 0. The first kappa shape index (κ1) is 14.8. The molecule has 0 N–H and O–H groups in total. The molecule has 0 bridgehead atoms. The summed E-state index contributed by atoms with van der Waals surface area (Å²) in [6.45, 7) is 8.85. The number of alkyl halides is 1. The summed E-state index contributed by atoms with van der Waals surface area (Å²) in [5.41, 5.74) is 1.87. The molecule has 0 saturated heterocycles. The number of fused-ring (bicyclic) bond motifs is 1. The normalized spacial score (nSPS) is 34.1. The van der Waals surface area contributed by atoms with E-state index in [0.717, 1.165) is 4.43 Å². The Morgan fingerprint density at radius 2 is 2.22 bits per heavy atom. The van der Waals surface area contributed by atoms with Gasteiger partial charge in [-0.15, -0.1) is 6.58 Å². The third kappa shape index (κ3) is 2.51. The SMILES string of the molecule is C=CC1C(/C=C\CI)C2CC=C(I)C=C2C1(C)C. The second kappa shape index (κ2) is 5.81. The van der Waals surface area contributed by atoms with Crippen LogP contribution < -0.4 is 0 Å². The highest BCUT2D eigenvalue weighted by atomic mass is 127. The lowest BCUT2D eigenvalue weighted by atomic mass is 9.76. The molecule has 0 aromatic carbocycles. The van der Waals surface area contributed by atoms with Crippen molar-refractivity contribution >= 4 is 45.2 Å². The van der Waals surface area contributed by atoms with Crippen molar-refractivity contribution in [3.05, 3.63) is 46.1 Å². The summed E-state index contributed by atoms with van der Waals surface area (Å²) in [5.74, 6) is 1.86. The van der Waals surface area contributed by atoms with Crippen LogP contribution >= 0.6 is 45.2 Å². The summed E-state index contributed by atoms with van der Waals surface area (Å²) in [4.78, 5) is 0. The second-order valence-electron chi connectivity index (χ2n) is 5.67. The van der Waals surface area contributed by atoms with Gasteiger partial charge in [-0.3, -0.25) is 0 Å². The molecule has 1 fully saturated rings. The average molecular weight is 466 g/mol. The van der Waals surface area contributed by atoms with Gasteiger partial charge in [-0.25, -0.2) is 0 Å². The third-order valence-corrected chi connectivity index (χ3v) is 5.68. The molecule has 0 heterocycles. The highest BCUT2D eigenvalue weighted by molar-refractivity contribution is 14.1. The molecule has 18 heavy (non-hydrogen) atoms. The number of allylic oxidation sites excluding steroid dienone is 7. The van der Waals surface area contributed by atoms with Crippen LogP contribution in [0.25, 0.3) is 0 Å². The van der Waals surface area contributed by atoms with Gasteiger partial charge in [-0.1, -0.05) is 66.3 Å². The molecule has 1 saturated carbocycles. The van der Waals surface area contributed by atoms with Gasteiger partial charge >= 0.3 is 0 Å². The minimum atomic E-state index is 0.247. The van der Waals surface area contributed by atoms with Crippen LogP contribution in [0.15, 0.2) is 46.1 Å². The van der Waals surface area contributed by atoms with Crippen molar-refractivity contribution in [3.63, 3.8) is 0 Å². The van der Waals surface area contributed by atoms with Gasteiger partial charge in [-0.05, 0) is 58.3 Å². The van der Waals surface area contributed by atoms with Gasteiger partial charge in [-0.2, -0.15) is 0 Å². The van der Waals surface area contributed by atoms with Crippen LogP contribution in [0.1, 0.15) is 20.3 Å². The second-order valence-corrected chi connectivity index (χ2v) is 7.80. The van der Waals surface area contributed by atoms with Crippen LogP contribution in [0.4, 0.5) is 0 Å². The van der Waals surface area contributed by atoms with E-state index < -0.39 is 0 Å². The van der Waals surface area contributed by atoms with Gasteiger partial charge in [0.1, 0.15) is 0 Å². The standard InChI is InChI=1S/C16H20I2/c1-4-14-12(6-5-9-17)13-8-7-11(18)10-15(13)16(14,2)3/h4-7,10,12-14H,1,8-9H2,2-3H3/b6-5-. The lowest BCUT2D eigenvalue weighted by Crippen LogP contribution is -2.20. The predicted molar refractivity (Wildman–Crippen MR) is 97.3 cm³/mol. The molecule has 0 aromatic rings. The average Bonchev–Trinajstić information content (AvgIpc) is 2.54. The Morgan fingerprint density at radius 1 is 1.50 bits per heavy atom. The van der Waals surface area contributed by atoms with E-state index in [-0.39, 0.29) is 5.41 Å². The Morgan fingerprint density at radius 3 is 2.83 bits per heavy atom. The van der Waals surface area contributed by atoms with Gasteiger partial charge in [0.15, 0.2) is 0 Å². The van der Waals surface area contributed by atoms with E-state index in [9.17, 15) is 0 Å². The van der Waals surface area contributed by atoms with Crippen LogP contribution in [0.3, 0.4) is 0 Å². The Labute approximate surface area is 138 Å². The van der Waals surface area contributed by atoms with Crippen molar-refractivity contribution in [2.75, 3.05) is 4.43 Å². The minimum absolute atomic E-state index is 0.247. The first-order valence-electron chi connectivity index (χ1n) is 6.45. The molecule has 0 amide bonds. The third-order valence-electron chi connectivity index (χ3n) is 4.42. The summed E-state index contributed by atoms with van der Waals surface area (Å²) >= 11 is 4.86. The van der Waals surface area contributed by atoms with Crippen LogP contribution in [0.2, 0.25) is 0 Å². The number of rotatable bonds is 3. The van der Waals surface area contributed by atoms with Crippen LogP contribution in [-0.2, 0) is 0 Å². The molecule has 2 heteroatoms. The zero-order valence-electron chi connectivity index (χ0n) is 11.0. The smallest absolute Gasteiger partial charge is 0.0176 e. The van der Waals surface area contributed by atoms with Gasteiger partial charge in [0, 0.05) is 8.01 Å². The molecular formula is C16H20I2. The topological polar surface area (TPSA) is 0 Å². The van der Waals surface area contributed by atoms with E-state index in [1.807, 2.05) is 0 Å². The molecular weight excluding hydrogens is 446 g/mol. The summed E-state index contributed by atoms with van der Waals surface area (Å²) in [6, 6.07) is 0. The van der Waals surface area contributed by atoms with Gasteiger partial charge in [0.25, 0.3) is 0 Å². The largest absolute Gasteiger partial charge is 0.103 e. The minimum Gasteiger partial charge on any atom is -0.103 e. The maximum Gasteiger partial charge on any atom is 0.0176 e. The lowest BCUT2D eigenvalue weighted by Gasteiger charge is -2.28. The Balaban J connectivity index is 2.42. The van der Waals surface area contributed by atoms with Crippen molar-refractivity contribution in [1.82, 2.24) is 0 Å². The van der Waals surface area contributed by atoms with Gasteiger partial charge < -0.3 is 0 Å². The molecule has 0 aliphatic heterocycles. The summed E-state index contributed by atoms with van der Waals surface area (Å²) < 4.78 is 2.49. The van der Waals surface area contributed by atoms with E-state index in [1.54, 1.807) is 5.57 Å². The van der Waals surface area contributed by atoms with E-state index in [1.165, 1.54) is 10.0 Å². The van der Waals surface area contributed by atoms with Gasteiger partial charge in [0.2, 0.25) is 0 Å². The first-order chi connectivity index (χ1) is 8.52. The predicted octanol–water partition coefficient (Wildman–Crippen LogP) is 5.70. The summed E-state index contributed by atoms with van der Waals surface area (Å²) in [7, 11) is 0. The quantitative estimate of drug-likeness (QED) is 0.285. The van der Waals surface area contributed by atoms with Crippen molar-refractivity contribution in [2.45, 2.75) is 20.3 Å². The molecule has 98 valence electrons. The van der Waals surface area contributed by atoms with E-state index >= 15 is 0 Å². The van der Waals surface area contributed by atoms with Crippen LogP contribution in [0, 0.1) is 23.2 Å². The molecule has 2 aliphatic carbocycles. The maximum absolute atomic E-state index is 4.09. The maximum atomic E-state index is 4.09. The van der Waals surface area contributed by atoms with Crippen molar-refractivity contribution in [2.24, 2.45) is 23.2 Å².